The summed E-state index contributed by atoms with van der Waals surface area (Å²) >= 11 is 0. The Morgan fingerprint density at radius 1 is 1.29 bits per heavy atom. The fourth-order valence-corrected chi connectivity index (χ4v) is 3.83. The van der Waals surface area contributed by atoms with Gasteiger partial charge in [0.25, 0.3) is 0 Å². The van der Waals surface area contributed by atoms with Gasteiger partial charge in [-0.1, -0.05) is 17.7 Å². The molecule has 1 aliphatic heterocycles. The first-order chi connectivity index (χ1) is 7.91. The molecule has 1 fully saturated rings. The maximum Gasteiger partial charge on any atom is 0.243 e. The highest BCUT2D eigenvalue weighted by Crippen LogP contribution is 2.26. The van der Waals surface area contributed by atoms with Gasteiger partial charge in [0.05, 0.1) is 11.0 Å². The molecule has 0 radical (unpaired) electrons. The van der Waals surface area contributed by atoms with Crippen molar-refractivity contribution in [3.05, 3.63) is 29.8 Å². The van der Waals surface area contributed by atoms with Gasteiger partial charge in [0.1, 0.15) is 0 Å². The number of benzene rings is 1. The molecular weight excluding hydrogens is 238 g/mol. The van der Waals surface area contributed by atoms with Gasteiger partial charge in [0.15, 0.2) is 0 Å². The summed E-state index contributed by atoms with van der Waals surface area (Å²) in [6.07, 6.45) is -0.0457. The number of sulfonamides is 1. The molecule has 0 saturated carbocycles. The molecule has 1 N–H and O–H groups in total. The van der Waals surface area contributed by atoms with Crippen LogP contribution in [0.5, 0.6) is 0 Å². The van der Waals surface area contributed by atoms with E-state index in [0.717, 1.165) is 5.56 Å². The normalized spacial score (nSPS) is 26.3. The van der Waals surface area contributed by atoms with Gasteiger partial charge in [-0.3, -0.25) is 0 Å². The SMILES string of the molecule is Cc1ccc(S(=O)(=O)N2C[C@@H](O)C[C@H]2C)cc1. The summed E-state index contributed by atoms with van der Waals surface area (Å²) < 4.78 is 26.0. The van der Waals surface area contributed by atoms with Crippen molar-refractivity contribution >= 4 is 10.0 Å². The molecular formula is C12H17NO3S. The van der Waals surface area contributed by atoms with E-state index in [0.29, 0.717) is 11.3 Å². The molecule has 94 valence electrons. The number of aryl methyl sites for hydroxylation is 1. The van der Waals surface area contributed by atoms with E-state index in [-0.39, 0.29) is 12.6 Å². The summed E-state index contributed by atoms with van der Waals surface area (Å²) in [5.74, 6) is 0. The number of hydrogen-bond donors (Lipinski definition) is 1. The minimum Gasteiger partial charge on any atom is -0.392 e. The maximum atomic E-state index is 12.3. The van der Waals surface area contributed by atoms with Gasteiger partial charge in [-0.2, -0.15) is 4.31 Å². The first-order valence-corrected chi connectivity index (χ1v) is 7.12. The lowest BCUT2D eigenvalue weighted by Crippen LogP contribution is -2.34. The van der Waals surface area contributed by atoms with Gasteiger partial charge < -0.3 is 5.11 Å². The molecule has 2 atom stereocenters. The van der Waals surface area contributed by atoms with Crippen LogP contribution in [0.3, 0.4) is 0 Å². The van der Waals surface area contributed by atoms with Crippen LogP contribution in [0.1, 0.15) is 18.9 Å². The van der Waals surface area contributed by atoms with Crippen molar-refractivity contribution in [3.63, 3.8) is 0 Å². The zero-order valence-corrected chi connectivity index (χ0v) is 10.8. The predicted octanol–water partition coefficient (Wildman–Crippen LogP) is 1.14. The number of aliphatic hydroxyl groups is 1. The Morgan fingerprint density at radius 2 is 1.88 bits per heavy atom. The van der Waals surface area contributed by atoms with Crippen LogP contribution in [0.25, 0.3) is 0 Å². The quantitative estimate of drug-likeness (QED) is 0.862. The molecule has 1 heterocycles. The molecule has 2 rings (SSSR count). The number of hydrogen-bond acceptors (Lipinski definition) is 3. The highest BCUT2D eigenvalue weighted by atomic mass is 32.2. The minimum absolute atomic E-state index is 0.142. The number of β-amino-alcohol motifs (C(OH)–C–C–N with tert-alkyl or cyclic N) is 1. The van der Waals surface area contributed by atoms with Crippen molar-refractivity contribution in [2.75, 3.05) is 6.54 Å². The standard InChI is InChI=1S/C12H17NO3S/c1-9-3-5-12(6-4-9)17(15,16)13-8-11(14)7-10(13)2/h3-6,10-11,14H,7-8H2,1-2H3/t10-,11+/m1/s1. The summed E-state index contributed by atoms with van der Waals surface area (Å²) in [5.41, 5.74) is 1.03. The van der Waals surface area contributed by atoms with E-state index in [4.69, 9.17) is 0 Å². The molecule has 1 aliphatic rings. The summed E-state index contributed by atoms with van der Waals surface area (Å²) in [4.78, 5) is 0.295. The monoisotopic (exact) mass is 255 g/mol. The molecule has 1 aromatic carbocycles. The average molecular weight is 255 g/mol. The van der Waals surface area contributed by atoms with Gasteiger partial charge in [-0.05, 0) is 32.4 Å². The van der Waals surface area contributed by atoms with Crippen molar-refractivity contribution in [1.82, 2.24) is 4.31 Å². The summed E-state index contributed by atoms with van der Waals surface area (Å²) in [6, 6.07) is 6.65. The van der Waals surface area contributed by atoms with Crippen LogP contribution in [0.4, 0.5) is 0 Å². The van der Waals surface area contributed by atoms with E-state index in [9.17, 15) is 13.5 Å². The van der Waals surface area contributed by atoms with Crippen LogP contribution in [0.2, 0.25) is 0 Å². The molecule has 0 bridgehead atoms. The average Bonchev–Trinajstić information content (AvgIpc) is 2.59. The van der Waals surface area contributed by atoms with E-state index in [1.807, 2.05) is 13.8 Å². The van der Waals surface area contributed by atoms with Gasteiger partial charge in [-0.15, -0.1) is 0 Å². The Balaban J connectivity index is 2.33. The van der Waals surface area contributed by atoms with Crippen molar-refractivity contribution in [2.45, 2.75) is 37.3 Å². The molecule has 0 amide bonds. The van der Waals surface area contributed by atoms with Crippen molar-refractivity contribution in [1.29, 1.82) is 0 Å². The zero-order chi connectivity index (χ0) is 12.6. The van der Waals surface area contributed by atoms with E-state index in [2.05, 4.69) is 0 Å². The fourth-order valence-electron chi connectivity index (χ4n) is 2.15. The third-order valence-electron chi connectivity index (χ3n) is 3.12. The summed E-state index contributed by atoms with van der Waals surface area (Å²) in [6.45, 7) is 3.93. The fraction of sp³-hybridized carbons (Fsp3) is 0.500. The molecule has 1 saturated heterocycles. The molecule has 0 aliphatic carbocycles. The van der Waals surface area contributed by atoms with Gasteiger partial charge in [0, 0.05) is 12.6 Å². The second-order valence-electron chi connectivity index (χ2n) is 4.63. The van der Waals surface area contributed by atoms with Crippen LogP contribution in [-0.4, -0.2) is 36.5 Å². The molecule has 1 aromatic rings. The van der Waals surface area contributed by atoms with E-state index >= 15 is 0 Å². The molecule has 0 spiro atoms. The van der Waals surface area contributed by atoms with Crippen LogP contribution in [0, 0.1) is 6.92 Å². The van der Waals surface area contributed by atoms with Crippen molar-refractivity contribution in [2.24, 2.45) is 0 Å². The third-order valence-corrected chi connectivity index (χ3v) is 5.12. The third kappa shape index (κ3) is 2.36. The molecule has 4 nitrogen and oxygen atoms in total. The first kappa shape index (κ1) is 12.5. The Bertz CT molecular complexity index is 495. The van der Waals surface area contributed by atoms with Crippen LogP contribution in [0.15, 0.2) is 29.2 Å². The number of nitrogens with zero attached hydrogens (tertiary/aromatic N) is 1. The lowest BCUT2D eigenvalue weighted by molar-refractivity contribution is 0.189. The number of aliphatic hydroxyl groups excluding tert-OH is 1. The number of rotatable bonds is 2. The van der Waals surface area contributed by atoms with Crippen molar-refractivity contribution < 1.29 is 13.5 Å². The lowest BCUT2D eigenvalue weighted by atomic mass is 10.2. The Morgan fingerprint density at radius 3 is 2.35 bits per heavy atom. The summed E-state index contributed by atoms with van der Waals surface area (Å²) in [5, 5.41) is 9.52. The predicted molar refractivity (Wildman–Crippen MR) is 65.2 cm³/mol. The van der Waals surface area contributed by atoms with Gasteiger partial charge >= 0.3 is 0 Å². The largest absolute Gasteiger partial charge is 0.392 e. The zero-order valence-electron chi connectivity index (χ0n) is 10.00. The van der Waals surface area contributed by atoms with E-state index in [1.165, 1.54) is 4.31 Å². The molecule has 17 heavy (non-hydrogen) atoms. The molecule has 0 aromatic heterocycles. The Labute approximate surface area is 102 Å². The topological polar surface area (TPSA) is 57.6 Å². The smallest absolute Gasteiger partial charge is 0.243 e. The molecule has 0 unspecified atom stereocenters. The molecule has 5 heteroatoms. The lowest BCUT2D eigenvalue weighted by Gasteiger charge is -2.20. The maximum absolute atomic E-state index is 12.3. The summed E-state index contributed by atoms with van der Waals surface area (Å²) in [7, 11) is -3.46. The van der Waals surface area contributed by atoms with Crippen LogP contribution < -0.4 is 0 Å². The second kappa shape index (κ2) is 4.40. The highest BCUT2D eigenvalue weighted by molar-refractivity contribution is 7.89. The first-order valence-electron chi connectivity index (χ1n) is 5.68. The van der Waals surface area contributed by atoms with Crippen LogP contribution >= 0.6 is 0 Å². The van der Waals surface area contributed by atoms with E-state index in [1.54, 1.807) is 24.3 Å². The minimum atomic E-state index is -3.46. The van der Waals surface area contributed by atoms with Crippen LogP contribution in [-0.2, 0) is 10.0 Å². The van der Waals surface area contributed by atoms with E-state index < -0.39 is 16.1 Å². The Hall–Kier alpha value is -0.910. The second-order valence-corrected chi connectivity index (χ2v) is 6.52. The van der Waals surface area contributed by atoms with Gasteiger partial charge in [0.2, 0.25) is 10.0 Å². The highest BCUT2D eigenvalue weighted by Gasteiger charge is 2.36. The Kier molecular flexibility index (Phi) is 3.25. The van der Waals surface area contributed by atoms with Gasteiger partial charge in [-0.25, -0.2) is 8.42 Å². The van der Waals surface area contributed by atoms with Crippen molar-refractivity contribution in [3.8, 4) is 0 Å².